The van der Waals surface area contributed by atoms with Crippen molar-refractivity contribution in [1.29, 1.82) is 0 Å². The molecular formula is C11H10Br2N2. The third-order valence-electron chi connectivity index (χ3n) is 2.15. The van der Waals surface area contributed by atoms with Gasteiger partial charge in [-0.25, -0.2) is 9.97 Å². The minimum atomic E-state index is 0.338. The molecule has 0 aliphatic heterocycles. The van der Waals surface area contributed by atoms with Crippen molar-refractivity contribution in [2.75, 3.05) is 0 Å². The lowest BCUT2D eigenvalue weighted by Gasteiger charge is -2.07. The Morgan fingerprint density at radius 1 is 1.13 bits per heavy atom. The first-order valence-electron chi connectivity index (χ1n) is 4.70. The Balaban J connectivity index is 2.74. The van der Waals surface area contributed by atoms with Crippen LogP contribution in [0.25, 0.3) is 10.9 Å². The highest BCUT2D eigenvalue weighted by molar-refractivity contribution is 9.10. The Kier molecular flexibility index (Phi) is 3.07. The monoisotopic (exact) mass is 328 g/mol. The van der Waals surface area contributed by atoms with E-state index in [0.717, 1.165) is 25.8 Å². The summed E-state index contributed by atoms with van der Waals surface area (Å²) >= 11 is 6.92. The van der Waals surface area contributed by atoms with Crippen LogP contribution in [0.15, 0.2) is 27.3 Å². The molecule has 0 radical (unpaired) electrons. The number of nitrogens with zero attached hydrogens (tertiary/aromatic N) is 2. The molecule has 0 saturated heterocycles. The Morgan fingerprint density at radius 3 is 2.53 bits per heavy atom. The van der Waals surface area contributed by atoms with E-state index < -0.39 is 0 Å². The second-order valence-electron chi connectivity index (χ2n) is 3.69. The van der Waals surface area contributed by atoms with Gasteiger partial charge in [0, 0.05) is 15.8 Å². The van der Waals surface area contributed by atoms with Gasteiger partial charge < -0.3 is 0 Å². The van der Waals surface area contributed by atoms with Crippen LogP contribution in [0, 0.1) is 0 Å². The molecule has 0 fully saturated rings. The molecule has 0 unspecified atom stereocenters. The van der Waals surface area contributed by atoms with Crippen molar-refractivity contribution in [2.24, 2.45) is 0 Å². The standard InChI is InChI=1S/C11H10Br2N2/c1-6(2)11-14-9-5-7(12)3-4-8(9)10(13)15-11/h3-6H,1-2H3. The number of benzene rings is 1. The summed E-state index contributed by atoms with van der Waals surface area (Å²) in [5, 5.41) is 1.04. The van der Waals surface area contributed by atoms with Crippen molar-refractivity contribution in [3.63, 3.8) is 0 Å². The molecule has 0 N–H and O–H groups in total. The zero-order valence-electron chi connectivity index (χ0n) is 8.46. The molecule has 2 nitrogen and oxygen atoms in total. The third-order valence-corrected chi connectivity index (χ3v) is 3.24. The highest BCUT2D eigenvalue weighted by Gasteiger charge is 2.08. The van der Waals surface area contributed by atoms with E-state index in [1.54, 1.807) is 0 Å². The lowest BCUT2D eigenvalue weighted by Crippen LogP contribution is -1.98. The smallest absolute Gasteiger partial charge is 0.132 e. The Hall–Kier alpha value is -0.480. The summed E-state index contributed by atoms with van der Waals surface area (Å²) in [7, 11) is 0. The fraction of sp³-hybridized carbons (Fsp3) is 0.273. The van der Waals surface area contributed by atoms with Crippen molar-refractivity contribution in [3.05, 3.63) is 33.1 Å². The van der Waals surface area contributed by atoms with E-state index in [9.17, 15) is 0 Å². The quantitative estimate of drug-likeness (QED) is 0.730. The number of hydrogen-bond acceptors (Lipinski definition) is 2. The third kappa shape index (κ3) is 2.21. The van der Waals surface area contributed by atoms with Crippen molar-refractivity contribution >= 4 is 42.8 Å². The summed E-state index contributed by atoms with van der Waals surface area (Å²) in [6.45, 7) is 4.18. The Labute approximate surface area is 105 Å². The summed E-state index contributed by atoms with van der Waals surface area (Å²) < 4.78 is 1.90. The summed E-state index contributed by atoms with van der Waals surface area (Å²) in [6.07, 6.45) is 0. The number of fused-ring (bicyclic) bond motifs is 1. The maximum absolute atomic E-state index is 4.53. The van der Waals surface area contributed by atoms with Gasteiger partial charge in [0.05, 0.1) is 5.52 Å². The first-order chi connectivity index (χ1) is 7.08. The molecule has 2 rings (SSSR count). The van der Waals surface area contributed by atoms with Gasteiger partial charge in [0.25, 0.3) is 0 Å². The number of hydrogen-bond donors (Lipinski definition) is 0. The van der Waals surface area contributed by atoms with Gasteiger partial charge in [-0.3, -0.25) is 0 Å². The van der Waals surface area contributed by atoms with E-state index in [4.69, 9.17) is 0 Å². The van der Waals surface area contributed by atoms with Crippen molar-refractivity contribution in [2.45, 2.75) is 19.8 Å². The highest BCUT2D eigenvalue weighted by atomic mass is 79.9. The van der Waals surface area contributed by atoms with Crippen LogP contribution in [0.5, 0.6) is 0 Å². The van der Waals surface area contributed by atoms with Crippen LogP contribution >= 0.6 is 31.9 Å². The molecule has 0 aliphatic rings. The van der Waals surface area contributed by atoms with E-state index in [1.807, 2.05) is 18.2 Å². The molecule has 0 saturated carbocycles. The van der Waals surface area contributed by atoms with E-state index in [1.165, 1.54) is 0 Å². The molecule has 1 aromatic carbocycles. The van der Waals surface area contributed by atoms with Crippen LogP contribution in [0.3, 0.4) is 0 Å². The maximum Gasteiger partial charge on any atom is 0.132 e. The average molecular weight is 330 g/mol. The number of rotatable bonds is 1. The summed E-state index contributed by atoms with van der Waals surface area (Å²) in [6, 6.07) is 6.01. The van der Waals surface area contributed by atoms with Gasteiger partial charge in [-0.2, -0.15) is 0 Å². The molecule has 1 aromatic heterocycles. The van der Waals surface area contributed by atoms with E-state index in [0.29, 0.717) is 5.92 Å². The zero-order valence-corrected chi connectivity index (χ0v) is 11.6. The molecule has 1 heterocycles. The van der Waals surface area contributed by atoms with Crippen LogP contribution < -0.4 is 0 Å². The minimum Gasteiger partial charge on any atom is -0.233 e. The van der Waals surface area contributed by atoms with Gasteiger partial charge in [0.15, 0.2) is 0 Å². The molecule has 4 heteroatoms. The Bertz CT molecular complexity index is 509. The predicted octanol–water partition coefficient (Wildman–Crippen LogP) is 4.28. The molecule has 0 atom stereocenters. The normalized spacial score (nSPS) is 11.3. The first-order valence-corrected chi connectivity index (χ1v) is 6.29. The van der Waals surface area contributed by atoms with Gasteiger partial charge in [-0.1, -0.05) is 29.8 Å². The molecule has 0 spiro atoms. The Morgan fingerprint density at radius 2 is 1.87 bits per heavy atom. The fourth-order valence-electron chi connectivity index (χ4n) is 1.34. The molecule has 0 amide bonds. The second kappa shape index (κ2) is 4.18. The minimum absolute atomic E-state index is 0.338. The van der Waals surface area contributed by atoms with Crippen molar-refractivity contribution < 1.29 is 0 Å². The van der Waals surface area contributed by atoms with Crippen molar-refractivity contribution in [1.82, 2.24) is 9.97 Å². The van der Waals surface area contributed by atoms with Gasteiger partial charge in [0.2, 0.25) is 0 Å². The largest absolute Gasteiger partial charge is 0.233 e. The van der Waals surface area contributed by atoms with E-state index in [2.05, 4.69) is 55.7 Å². The fourth-order valence-corrected chi connectivity index (χ4v) is 2.21. The lowest BCUT2D eigenvalue weighted by atomic mass is 10.2. The van der Waals surface area contributed by atoms with Gasteiger partial charge >= 0.3 is 0 Å². The van der Waals surface area contributed by atoms with Crippen LogP contribution in [0.4, 0.5) is 0 Å². The average Bonchev–Trinajstić information content (AvgIpc) is 2.16. The van der Waals surface area contributed by atoms with Crippen LogP contribution in [-0.4, -0.2) is 9.97 Å². The maximum atomic E-state index is 4.53. The lowest BCUT2D eigenvalue weighted by molar-refractivity contribution is 0.779. The molecule has 0 aliphatic carbocycles. The molecule has 15 heavy (non-hydrogen) atoms. The molecule has 78 valence electrons. The second-order valence-corrected chi connectivity index (χ2v) is 5.36. The van der Waals surface area contributed by atoms with Crippen LogP contribution in [-0.2, 0) is 0 Å². The topological polar surface area (TPSA) is 25.8 Å². The molecule has 0 bridgehead atoms. The number of halogens is 2. The first kappa shape index (κ1) is 11.0. The van der Waals surface area contributed by atoms with Crippen molar-refractivity contribution in [3.8, 4) is 0 Å². The summed E-state index contributed by atoms with van der Waals surface area (Å²) in [5.41, 5.74) is 0.968. The summed E-state index contributed by atoms with van der Waals surface area (Å²) in [4.78, 5) is 8.95. The summed E-state index contributed by atoms with van der Waals surface area (Å²) in [5.74, 6) is 1.21. The van der Waals surface area contributed by atoms with Crippen LogP contribution in [0.2, 0.25) is 0 Å². The molecule has 2 aromatic rings. The highest BCUT2D eigenvalue weighted by Crippen LogP contribution is 2.25. The van der Waals surface area contributed by atoms with Gasteiger partial charge in [0.1, 0.15) is 10.4 Å². The van der Waals surface area contributed by atoms with Gasteiger partial charge in [-0.05, 0) is 34.1 Å². The van der Waals surface area contributed by atoms with E-state index >= 15 is 0 Å². The van der Waals surface area contributed by atoms with E-state index in [-0.39, 0.29) is 0 Å². The van der Waals surface area contributed by atoms with Crippen LogP contribution in [0.1, 0.15) is 25.6 Å². The number of aromatic nitrogens is 2. The van der Waals surface area contributed by atoms with Gasteiger partial charge in [-0.15, -0.1) is 0 Å². The predicted molar refractivity (Wildman–Crippen MR) is 69.0 cm³/mol. The molecular weight excluding hydrogens is 320 g/mol. The SMILES string of the molecule is CC(C)c1nc(Br)c2ccc(Br)cc2n1. The zero-order chi connectivity index (χ0) is 11.0.